The minimum Gasteiger partial charge on any atom is -0.434 e. The van der Waals surface area contributed by atoms with Crippen LogP contribution in [0.1, 0.15) is 36.1 Å². The molecule has 5 rings (SSSR count). The number of hydrogen-bond acceptors (Lipinski definition) is 5. The number of rotatable bonds is 6. The number of aromatic nitrogens is 2. The van der Waals surface area contributed by atoms with E-state index in [2.05, 4.69) is 32.8 Å². The third-order valence-corrected chi connectivity index (χ3v) is 6.80. The fourth-order valence-electron chi connectivity index (χ4n) is 5.34. The normalized spacial score (nSPS) is 14.1. The predicted octanol–water partition coefficient (Wildman–Crippen LogP) is 5.95. The molecule has 196 valence electrons. The van der Waals surface area contributed by atoms with Crippen molar-refractivity contribution in [1.29, 1.82) is 5.26 Å². The zero-order valence-corrected chi connectivity index (χ0v) is 21.3. The number of benzene rings is 3. The van der Waals surface area contributed by atoms with Gasteiger partial charge in [-0.25, -0.2) is 4.39 Å². The number of aryl methyl sites for hydroxylation is 1. The topological polar surface area (TPSA) is 85.2 Å². The Morgan fingerprint density at radius 2 is 2.03 bits per heavy atom. The number of nitrogens with zero attached hydrogens (tertiary/aromatic N) is 3. The molecule has 2 N–H and O–H groups in total. The number of nitrogens with one attached hydrogen (secondary N) is 1. The van der Waals surface area contributed by atoms with E-state index in [0.29, 0.717) is 29.7 Å². The van der Waals surface area contributed by atoms with E-state index < -0.39 is 18.0 Å². The van der Waals surface area contributed by atoms with E-state index in [9.17, 15) is 23.5 Å². The molecule has 0 aliphatic carbocycles. The Balaban J connectivity index is 1.63. The highest BCUT2D eigenvalue weighted by Gasteiger charge is 2.25. The largest absolute Gasteiger partial charge is 0.434 e. The van der Waals surface area contributed by atoms with E-state index in [4.69, 9.17) is 0 Å². The van der Waals surface area contributed by atoms with Crippen molar-refractivity contribution in [2.75, 3.05) is 13.1 Å². The summed E-state index contributed by atoms with van der Waals surface area (Å²) in [5, 5.41) is 28.1. The summed E-state index contributed by atoms with van der Waals surface area (Å²) < 4.78 is 45.7. The molecule has 0 spiro atoms. The Morgan fingerprint density at radius 1 is 1.24 bits per heavy atom. The quantitative estimate of drug-likeness (QED) is 0.328. The Morgan fingerprint density at radius 3 is 2.74 bits per heavy atom. The summed E-state index contributed by atoms with van der Waals surface area (Å²) in [6.45, 7) is 4.57. The molecule has 0 saturated heterocycles. The molecule has 0 atom stereocenters. The first kappa shape index (κ1) is 25.8. The van der Waals surface area contributed by atoms with Crippen LogP contribution >= 0.6 is 0 Å². The lowest BCUT2D eigenvalue weighted by molar-refractivity contribution is -0.0495. The predicted molar refractivity (Wildman–Crippen MR) is 138 cm³/mol. The molecule has 9 heteroatoms. The standard InChI is InChI=1S/C29H27F3N4O2/c1-16-9-17(10-19-14-36(8-7-20(16)19)15-29(2,3)37)27-22-12-21(18(13-33)11-24(22)34-35-27)26-23(30)5-4-6-25(26)38-28(31)32/h4-6,9-12,28,37H,7-8,14-15H2,1-3H3,(H,34,35). The number of halogens is 3. The second-order valence-corrected chi connectivity index (χ2v) is 10.3. The van der Waals surface area contributed by atoms with Crippen LogP contribution in [0.2, 0.25) is 0 Å². The molecule has 1 aromatic heterocycles. The van der Waals surface area contributed by atoms with Crippen molar-refractivity contribution in [3.63, 3.8) is 0 Å². The Labute approximate surface area is 218 Å². The maximum Gasteiger partial charge on any atom is 0.387 e. The maximum atomic E-state index is 15.0. The molecule has 38 heavy (non-hydrogen) atoms. The number of β-amino-alcohol motifs (C(OH)–C–C–N with tert-alkyl or cyclic N) is 1. The van der Waals surface area contributed by atoms with Crippen molar-refractivity contribution in [2.45, 2.75) is 45.9 Å². The molecule has 1 aliphatic heterocycles. The number of hydrogen-bond donors (Lipinski definition) is 2. The monoisotopic (exact) mass is 520 g/mol. The van der Waals surface area contributed by atoms with Gasteiger partial charge in [0, 0.05) is 36.1 Å². The van der Waals surface area contributed by atoms with E-state index in [0.717, 1.165) is 35.7 Å². The van der Waals surface area contributed by atoms with Gasteiger partial charge in [-0.2, -0.15) is 19.1 Å². The number of ether oxygens (including phenoxy) is 1. The molecule has 0 fully saturated rings. The second-order valence-electron chi connectivity index (χ2n) is 10.3. The summed E-state index contributed by atoms with van der Waals surface area (Å²) in [5.41, 5.74) is 4.76. The molecular weight excluding hydrogens is 493 g/mol. The summed E-state index contributed by atoms with van der Waals surface area (Å²) in [7, 11) is 0. The van der Waals surface area contributed by atoms with Gasteiger partial charge in [-0.05, 0) is 80.3 Å². The van der Waals surface area contributed by atoms with Crippen LogP contribution in [0.4, 0.5) is 13.2 Å². The number of fused-ring (bicyclic) bond motifs is 2. The van der Waals surface area contributed by atoms with Gasteiger partial charge < -0.3 is 9.84 Å². The molecule has 0 saturated carbocycles. The fraction of sp³-hybridized carbons (Fsp3) is 0.310. The fourth-order valence-corrected chi connectivity index (χ4v) is 5.34. The van der Waals surface area contributed by atoms with E-state index >= 15 is 0 Å². The summed E-state index contributed by atoms with van der Waals surface area (Å²) >= 11 is 0. The molecule has 4 aromatic rings. The minimum atomic E-state index is -3.15. The van der Waals surface area contributed by atoms with Crippen molar-refractivity contribution in [3.05, 3.63) is 70.5 Å². The molecule has 6 nitrogen and oxygen atoms in total. The molecule has 1 aliphatic rings. The molecule has 0 bridgehead atoms. The van der Waals surface area contributed by atoms with Crippen molar-refractivity contribution in [3.8, 4) is 34.2 Å². The van der Waals surface area contributed by atoms with Gasteiger partial charge in [-0.1, -0.05) is 6.07 Å². The first-order valence-electron chi connectivity index (χ1n) is 12.3. The Bertz CT molecular complexity index is 1570. The van der Waals surface area contributed by atoms with Crippen molar-refractivity contribution >= 4 is 10.9 Å². The summed E-state index contributed by atoms with van der Waals surface area (Å²) in [5.74, 6) is -1.13. The van der Waals surface area contributed by atoms with Crippen LogP contribution in [0, 0.1) is 24.1 Å². The Hall–Kier alpha value is -3.87. The van der Waals surface area contributed by atoms with Crippen molar-refractivity contribution in [2.24, 2.45) is 0 Å². The lowest BCUT2D eigenvalue weighted by Crippen LogP contribution is -2.41. The molecular formula is C29H27F3N4O2. The third-order valence-electron chi connectivity index (χ3n) is 6.80. The van der Waals surface area contributed by atoms with Gasteiger partial charge in [0.1, 0.15) is 11.6 Å². The number of alkyl halides is 2. The minimum absolute atomic E-state index is 0.0980. The van der Waals surface area contributed by atoms with Gasteiger partial charge >= 0.3 is 6.61 Å². The number of H-pyrrole nitrogens is 1. The lowest BCUT2D eigenvalue weighted by Gasteiger charge is -2.34. The highest BCUT2D eigenvalue weighted by Crippen LogP contribution is 2.40. The lowest BCUT2D eigenvalue weighted by atomic mass is 9.90. The molecule has 3 aromatic carbocycles. The second kappa shape index (κ2) is 9.78. The smallest absolute Gasteiger partial charge is 0.387 e. The summed E-state index contributed by atoms with van der Waals surface area (Å²) in [6.07, 6.45) is 0.870. The van der Waals surface area contributed by atoms with Crippen LogP contribution in [-0.2, 0) is 13.0 Å². The van der Waals surface area contributed by atoms with Gasteiger partial charge in [0.15, 0.2) is 0 Å². The van der Waals surface area contributed by atoms with Crippen LogP contribution < -0.4 is 4.74 Å². The first-order valence-corrected chi connectivity index (χ1v) is 12.3. The van der Waals surface area contributed by atoms with Gasteiger partial charge in [-0.15, -0.1) is 0 Å². The van der Waals surface area contributed by atoms with E-state index in [1.165, 1.54) is 23.8 Å². The summed E-state index contributed by atoms with van der Waals surface area (Å²) in [6, 6.07) is 13.0. The van der Waals surface area contributed by atoms with Gasteiger partial charge in [0.25, 0.3) is 0 Å². The van der Waals surface area contributed by atoms with Crippen LogP contribution in [0.25, 0.3) is 33.3 Å². The van der Waals surface area contributed by atoms with E-state index in [1.54, 1.807) is 19.9 Å². The highest BCUT2D eigenvalue weighted by molar-refractivity contribution is 5.98. The molecule has 0 radical (unpaired) electrons. The van der Waals surface area contributed by atoms with Gasteiger partial charge in [0.2, 0.25) is 0 Å². The Kier molecular flexibility index (Phi) is 6.63. The van der Waals surface area contributed by atoms with Crippen molar-refractivity contribution in [1.82, 2.24) is 15.1 Å². The van der Waals surface area contributed by atoms with Crippen LogP contribution in [0.5, 0.6) is 5.75 Å². The van der Waals surface area contributed by atoms with Gasteiger partial charge in [-0.3, -0.25) is 10.00 Å². The average Bonchev–Trinajstić information content (AvgIpc) is 3.24. The highest BCUT2D eigenvalue weighted by atomic mass is 19.3. The van der Waals surface area contributed by atoms with Crippen LogP contribution in [-0.4, -0.2) is 45.5 Å². The van der Waals surface area contributed by atoms with Gasteiger partial charge in [0.05, 0.1) is 34.0 Å². The molecule has 0 amide bonds. The third kappa shape index (κ3) is 4.97. The molecule has 0 unspecified atom stereocenters. The van der Waals surface area contributed by atoms with E-state index in [-0.39, 0.29) is 22.4 Å². The maximum absolute atomic E-state index is 15.0. The summed E-state index contributed by atoms with van der Waals surface area (Å²) in [4.78, 5) is 2.22. The van der Waals surface area contributed by atoms with E-state index in [1.807, 2.05) is 12.1 Å². The number of aliphatic hydroxyl groups is 1. The van der Waals surface area contributed by atoms with Crippen LogP contribution in [0.3, 0.4) is 0 Å². The first-order chi connectivity index (χ1) is 18.0. The number of aromatic amines is 1. The zero-order valence-electron chi connectivity index (χ0n) is 21.3. The zero-order chi connectivity index (χ0) is 27.2. The number of nitriles is 1. The average molecular weight is 521 g/mol. The van der Waals surface area contributed by atoms with Crippen LogP contribution in [0.15, 0.2) is 42.5 Å². The van der Waals surface area contributed by atoms with Crippen molar-refractivity contribution < 1.29 is 23.0 Å². The molecule has 2 heterocycles. The SMILES string of the molecule is Cc1cc(-c2n[nH]c3cc(C#N)c(-c4c(F)cccc4OC(F)F)cc23)cc2c1CCN(CC(C)(C)O)C2.